The number of rotatable bonds is 7. The number of carboxylic acids is 1. The maximum absolute atomic E-state index is 11.7. The van der Waals surface area contributed by atoms with Gasteiger partial charge in [-0.2, -0.15) is 0 Å². The van der Waals surface area contributed by atoms with Crippen molar-refractivity contribution in [1.29, 1.82) is 0 Å². The van der Waals surface area contributed by atoms with Crippen LogP contribution in [0.1, 0.15) is 11.1 Å². The number of methoxy groups -OCH3 is 4. The summed E-state index contributed by atoms with van der Waals surface area (Å²) < 4.78 is 20.9. The number of hydrogen-bond donors (Lipinski definition) is 1. The van der Waals surface area contributed by atoms with Crippen molar-refractivity contribution in [2.75, 3.05) is 28.4 Å². The van der Waals surface area contributed by atoms with E-state index in [2.05, 4.69) is 0 Å². The summed E-state index contributed by atoms with van der Waals surface area (Å²) in [5.74, 6) is 1.03. The molecule has 2 aromatic rings. The summed E-state index contributed by atoms with van der Waals surface area (Å²) in [5.41, 5.74) is 1.29. The van der Waals surface area contributed by atoms with Gasteiger partial charge in [-0.15, -0.1) is 0 Å². The second-order valence-electron chi connectivity index (χ2n) is 5.05. The third-order valence-corrected chi connectivity index (χ3v) is 3.64. The van der Waals surface area contributed by atoms with Gasteiger partial charge in [0, 0.05) is 0 Å². The van der Waals surface area contributed by atoms with E-state index in [0.717, 1.165) is 0 Å². The van der Waals surface area contributed by atoms with Crippen LogP contribution >= 0.6 is 0 Å². The van der Waals surface area contributed by atoms with Crippen molar-refractivity contribution in [3.63, 3.8) is 0 Å². The van der Waals surface area contributed by atoms with Gasteiger partial charge in [0.25, 0.3) is 0 Å². The third-order valence-electron chi connectivity index (χ3n) is 3.64. The second-order valence-corrected chi connectivity index (χ2v) is 5.05. The van der Waals surface area contributed by atoms with E-state index in [0.29, 0.717) is 34.1 Å². The molecule has 0 saturated carbocycles. The molecule has 0 amide bonds. The van der Waals surface area contributed by atoms with Gasteiger partial charge in [0.15, 0.2) is 23.0 Å². The van der Waals surface area contributed by atoms with Crippen LogP contribution in [0.2, 0.25) is 0 Å². The summed E-state index contributed by atoms with van der Waals surface area (Å²) in [6, 6.07) is 10.1. The van der Waals surface area contributed by atoms with E-state index in [1.807, 2.05) is 0 Å². The molecule has 0 bridgehead atoms. The van der Waals surface area contributed by atoms with Gasteiger partial charge >= 0.3 is 5.97 Å². The molecule has 25 heavy (non-hydrogen) atoms. The molecule has 0 heterocycles. The summed E-state index contributed by atoms with van der Waals surface area (Å²) in [5, 5.41) is 9.61. The first-order valence-electron chi connectivity index (χ1n) is 7.43. The Bertz CT molecular complexity index is 794. The highest BCUT2D eigenvalue weighted by molar-refractivity contribution is 6.20. The minimum atomic E-state index is -1.05. The molecule has 0 radical (unpaired) electrons. The Morgan fingerprint density at radius 3 is 1.84 bits per heavy atom. The number of hydrogen-bond acceptors (Lipinski definition) is 5. The minimum absolute atomic E-state index is 0.119. The molecular formula is C19H20O6. The lowest BCUT2D eigenvalue weighted by molar-refractivity contribution is -0.130. The molecule has 6 heteroatoms. The Kier molecular flexibility index (Phi) is 5.89. The highest BCUT2D eigenvalue weighted by atomic mass is 16.5. The smallest absolute Gasteiger partial charge is 0.336 e. The van der Waals surface area contributed by atoms with Gasteiger partial charge in [-0.3, -0.25) is 0 Å². The van der Waals surface area contributed by atoms with Crippen LogP contribution in [0, 0.1) is 0 Å². The van der Waals surface area contributed by atoms with Crippen LogP contribution in [0.15, 0.2) is 36.4 Å². The lowest BCUT2D eigenvalue weighted by atomic mass is 10.0. The van der Waals surface area contributed by atoms with Gasteiger partial charge in [-0.05, 0) is 41.5 Å². The Morgan fingerprint density at radius 2 is 1.32 bits per heavy atom. The molecule has 0 spiro atoms. The first-order chi connectivity index (χ1) is 12.0. The van der Waals surface area contributed by atoms with Crippen LogP contribution in [0.3, 0.4) is 0 Å². The zero-order chi connectivity index (χ0) is 18.4. The lowest BCUT2D eigenvalue weighted by Crippen LogP contribution is -2.01. The van der Waals surface area contributed by atoms with Crippen LogP contribution < -0.4 is 18.9 Å². The third kappa shape index (κ3) is 4.03. The fourth-order valence-corrected chi connectivity index (χ4v) is 2.38. The van der Waals surface area contributed by atoms with Crippen molar-refractivity contribution in [2.45, 2.75) is 0 Å². The zero-order valence-corrected chi connectivity index (χ0v) is 14.5. The fraction of sp³-hybridized carbons (Fsp3) is 0.211. The average Bonchev–Trinajstić information content (AvgIpc) is 2.64. The normalized spacial score (nSPS) is 11.0. The van der Waals surface area contributed by atoms with Crippen molar-refractivity contribution in [3.8, 4) is 23.0 Å². The summed E-state index contributed by atoms with van der Waals surface area (Å²) >= 11 is 0. The highest BCUT2D eigenvalue weighted by Gasteiger charge is 2.14. The predicted molar refractivity (Wildman–Crippen MR) is 94.6 cm³/mol. The van der Waals surface area contributed by atoms with E-state index in [1.165, 1.54) is 21.3 Å². The van der Waals surface area contributed by atoms with E-state index in [9.17, 15) is 9.90 Å². The average molecular weight is 344 g/mol. The SMILES string of the molecule is COc1ccc(/C=C(\C(=O)O)c2ccc(OC)c(OC)c2)cc1OC. The number of ether oxygens (including phenoxy) is 4. The molecule has 2 aromatic carbocycles. The van der Waals surface area contributed by atoms with E-state index in [1.54, 1.807) is 49.6 Å². The number of carbonyl (C=O) groups is 1. The molecule has 0 fully saturated rings. The maximum atomic E-state index is 11.7. The molecule has 2 rings (SSSR count). The molecule has 0 saturated heterocycles. The number of carboxylic acid groups (broad SMARTS) is 1. The molecule has 6 nitrogen and oxygen atoms in total. The molecule has 0 unspecified atom stereocenters. The lowest BCUT2D eigenvalue weighted by Gasteiger charge is -2.11. The molecular weight excluding hydrogens is 324 g/mol. The summed E-state index contributed by atoms with van der Waals surface area (Å²) in [4.78, 5) is 11.7. The molecule has 132 valence electrons. The first kappa shape index (κ1) is 18.2. The second kappa shape index (κ2) is 8.10. The summed E-state index contributed by atoms with van der Waals surface area (Å²) in [7, 11) is 6.09. The quantitative estimate of drug-likeness (QED) is 0.613. The Labute approximate surface area is 146 Å². The van der Waals surface area contributed by atoms with Crippen LogP contribution in [0.5, 0.6) is 23.0 Å². The summed E-state index contributed by atoms with van der Waals surface area (Å²) in [6.07, 6.45) is 1.56. The van der Waals surface area contributed by atoms with Gasteiger partial charge in [0.2, 0.25) is 0 Å². The van der Waals surface area contributed by atoms with E-state index >= 15 is 0 Å². The maximum Gasteiger partial charge on any atom is 0.336 e. The van der Waals surface area contributed by atoms with E-state index < -0.39 is 5.97 Å². The van der Waals surface area contributed by atoms with Gasteiger partial charge < -0.3 is 24.1 Å². The number of benzene rings is 2. The molecule has 0 atom stereocenters. The van der Waals surface area contributed by atoms with Crippen LogP contribution in [0.4, 0.5) is 0 Å². The minimum Gasteiger partial charge on any atom is -0.493 e. The van der Waals surface area contributed by atoms with Gasteiger partial charge in [0.1, 0.15) is 0 Å². The van der Waals surface area contributed by atoms with Gasteiger partial charge in [-0.25, -0.2) is 4.79 Å². The molecule has 0 aliphatic rings. The fourth-order valence-electron chi connectivity index (χ4n) is 2.38. The van der Waals surface area contributed by atoms with Crippen molar-refractivity contribution < 1.29 is 28.8 Å². The predicted octanol–water partition coefficient (Wildman–Crippen LogP) is 3.35. The van der Waals surface area contributed by atoms with Crippen molar-refractivity contribution in [3.05, 3.63) is 47.5 Å². The van der Waals surface area contributed by atoms with Crippen LogP contribution in [0.25, 0.3) is 11.6 Å². The zero-order valence-electron chi connectivity index (χ0n) is 14.5. The molecule has 0 aliphatic heterocycles. The Morgan fingerprint density at radius 1 is 0.800 bits per heavy atom. The standard InChI is InChI=1S/C19H20O6/c1-22-15-7-5-12(10-17(15)24-3)9-14(19(20)21)13-6-8-16(23-2)18(11-13)25-4/h5-11H,1-4H3,(H,20,21)/b14-9-. The largest absolute Gasteiger partial charge is 0.493 e. The van der Waals surface area contributed by atoms with Crippen molar-refractivity contribution in [1.82, 2.24) is 0 Å². The molecule has 0 aliphatic carbocycles. The number of aliphatic carboxylic acids is 1. The van der Waals surface area contributed by atoms with E-state index in [-0.39, 0.29) is 5.57 Å². The van der Waals surface area contributed by atoms with Crippen LogP contribution in [-0.2, 0) is 4.79 Å². The molecule has 1 N–H and O–H groups in total. The molecule has 0 aromatic heterocycles. The van der Waals surface area contributed by atoms with Gasteiger partial charge in [-0.1, -0.05) is 12.1 Å². The van der Waals surface area contributed by atoms with Crippen molar-refractivity contribution >= 4 is 17.6 Å². The summed E-state index contributed by atoms with van der Waals surface area (Å²) in [6.45, 7) is 0. The first-order valence-corrected chi connectivity index (χ1v) is 7.43. The highest BCUT2D eigenvalue weighted by Crippen LogP contribution is 2.33. The Hall–Kier alpha value is -3.15. The topological polar surface area (TPSA) is 74.2 Å². The van der Waals surface area contributed by atoms with E-state index in [4.69, 9.17) is 18.9 Å². The van der Waals surface area contributed by atoms with Crippen molar-refractivity contribution in [2.24, 2.45) is 0 Å². The Balaban J connectivity index is 2.51. The van der Waals surface area contributed by atoms with Crippen LogP contribution in [-0.4, -0.2) is 39.5 Å². The van der Waals surface area contributed by atoms with Gasteiger partial charge in [0.05, 0.1) is 34.0 Å². The monoisotopic (exact) mass is 344 g/mol.